The van der Waals surface area contributed by atoms with Crippen LogP contribution in [0.5, 0.6) is 0 Å². The average molecular weight is 262 g/mol. The Morgan fingerprint density at radius 2 is 1.75 bits per heavy atom. The molecule has 1 aliphatic carbocycles. The van der Waals surface area contributed by atoms with Crippen molar-refractivity contribution in [2.45, 2.75) is 19.3 Å². The van der Waals surface area contributed by atoms with Crippen LogP contribution >= 0.6 is 0 Å². The number of furan rings is 1. The van der Waals surface area contributed by atoms with Crippen LogP contribution in [0.2, 0.25) is 0 Å². The number of rotatable bonds is 1. The molecule has 0 radical (unpaired) electrons. The highest BCUT2D eigenvalue weighted by atomic mass is 16.3. The molecule has 2 nitrogen and oxygen atoms in total. The van der Waals surface area contributed by atoms with Crippen molar-refractivity contribution in [3.8, 4) is 0 Å². The second-order valence-corrected chi connectivity index (χ2v) is 5.27. The summed E-state index contributed by atoms with van der Waals surface area (Å²) in [5, 5.41) is 2.25. The highest BCUT2D eigenvalue weighted by Gasteiger charge is 2.16. The number of carbonyl (C=O) groups is 1. The molecule has 0 fully saturated rings. The van der Waals surface area contributed by atoms with E-state index in [1.807, 2.05) is 24.3 Å². The lowest BCUT2D eigenvalue weighted by molar-refractivity contribution is -0.114. The summed E-state index contributed by atoms with van der Waals surface area (Å²) in [7, 11) is 0. The summed E-state index contributed by atoms with van der Waals surface area (Å²) in [6, 6.07) is 14.2. The molecule has 0 saturated heterocycles. The molecular formula is C18H14O2. The van der Waals surface area contributed by atoms with Crippen LogP contribution in [0.3, 0.4) is 0 Å². The monoisotopic (exact) mass is 262 g/mol. The molecule has 1 aliphatic rings. The van der Waals surface area contributed by atoms with Crippen molar-refractivity contribution >= 4 is 33.3 Å². The highest BCUT2D eigenvalue weighted by molar-refractivity contribution is 6.09. The molecule has 0 atom stereocenters. The van der Waals surface area contributed by atoms with Gasteiger partial charge in [-0.1, -0.05) is 36.4 Å². The Hall–Kier alpha value is -2.35. The van der Waals surface area contributed by atoms with Gasteiger partial charge in [-0.3, -0.25) is 4.79 Å². The molecule has 0 amide bonds. The molecule has 0 spiro atoms. The zero-order chi connectivity index (χ0) is 13.5. The van der Waals surface area contributed by atoms with E-state index in [1.54, 1.807) is 6.08 Å². The van der Waals surface area contributed by atoms with E-state index in [9.17, 15) is 4.79 Å². The Balaban J connectivity index is 2.03. The minimum Gasteiger partial charge on any atom is -0.455 e. The van der Waals surface area contributed by atoms with Crippen molar-refractivity contribution in [3.05, 3.63) is 54.1 Å². The summed E-state index contributed by atoms with van der Waals surface area (Å²) in [4.78, 5) is 11.6. The molecule has 1 aromatic heterocycles. The first-order valence-electron chi connectivity index (χ1n) is 6.97. The third-order valence-electron chi connectivity index (χ3n) is 3.95. The predicted molar refractivity (Wildman–Crippen MR) is 80.6 cm³/mol. The zero-order valence-electron chi connectivity index (χ0n) is 11.1. The molecule has 2 heteroatoms. The third-order valence-corrected chi connectivity index (χ3v) is 3.95. The fourth-order valence-electron chi connectivity index (χ4n) is 3.00. The zero-order valence-corrected chi connectivity index (χ0v) is 11.1. The minimum atomic E-state index is 0.222. The van der Waals surface area contributed by atoms with Crippen molar-refractivity contribution in [2.75, 3.05) is 0 Å². The molecule has 3 aromatic rings. The molecule has 0 bridgehead atoms. The molecule has 0 unspecified atom stereocenters. The molecule has 0 saturated carbocycles. The smallest absolute Gasteiger partial charge is 0.155 e. The fourth-order valence-corrected chi connectivity index (χ4v) is 3.00. The summed E-state index contributed by atoms with van der Waals surface area (Å²) >= 11 is 0. The van der Waals surface area contributed by atoms with Crippen molar-refractivity contribution in [1.82, 2.24) is 0 Å². The summed E-state index contributed by atoms with van der Waals surface area (Å²) in [6.45, 7) is 0. The number of para-hydroxylation sites is 2. The highest BCUT2D eigenvalue weighted by Crippen LogP contribution is 2.36. The van der Waals surface area contributed by atoms with E-state index in [0.29, 0.717) is 6.42 Å². The third kappa shape index (κ3) is 1.68. The normalized spacial score (nSPS) is 15.8. The van der Waals surface area contributed by atoms with Crippen LogP contribution in [0, 0.1) is 0 Å². The Morgan fingerprint density at radius 1 is 0.900 bits per heavy atom. The Bertz CT molecular complexity index is 852. The molecule has 0 aliphatic heterocycles. The van der Waals surface area contributed by atoms with Gasteiger partial charge in [-0.05, 0) is 30.6 Å². The van der Waals surface area contributed by atoms with Crippen LogP contribution < -0.4 is 0 Å². The van der Waals surface area contributed by atoms with E-state index in [0.717, 1.165) is 45.9 Å². The molecule has 1 heterocycles. The van der Waals surface area contributed by atoms with E-state index in [2.05, 4.69) is 18.2 Å². The van der Waals surface area contributed by atoms with E-state index in [-0.39, 0.29) is 5.78 Å². The maximum Gasteiger partial charge on any atom is 0.155 e. The van der Waals surface area contributed by atoms with Crippen LogP contribution in [0.25, 0.3) is 27.5 Å². The van der Waals surface area contributed by atoms with Gasteiger partial charge >= 0.3 is 0 Å². The first kappa shape index (κ1) is 11.5. The minimum absolute atomic E-state index is 0.222. The van der Waals surface area contributed by atoms with Gasteiger partial charge in [0.15, 0.2) is 5.78 Å². The summed E-state index contributed by atoms with van der Waals surface area (Å²) in [5.41, 5.74) is 3.96. The Morgan fingerprint density at radius 3 is 2.65 bits per heavy atom. The van der Waals surface area contributed by atoms with Gasteiger partial charge < -0.3 is 4.42 Å². The molecule has 4 rings (SSSR count). The van der Waals surface area contributed by atoms with E-state index < -0.39 is 0 Å². The van der Waals surface area contributed by atoms with Crippen LogP contribution in [0.15, 0.2) is 53.0 Å². The van der Waals surface area contributed by atoms with Crippen LogP contribution in [0.4, 0.5) is 0 Å². The quantitative estimate of drug-likeness (QED) is 0.635. The van der Waals surface area contributed by atoms with Crippen LogP contribution in [0.1, 0.15) is 24.8 Å². The molecule has 98 valence electrons. The second-order valence-electron chi connectivity index (χ2n) is 5.27. The van der Waals surface area contributed by atoms with Gasteiger partial charge in [-0.2, -0.15) is 0 Å². The second kappa shape index (κ2) is 4.34. The number of ketones is 1. The first-order chi connectivity index (χ1) is 9.83. The first-order valence-corrected chi connectivity index (χ1v) is 6.97. The van der Waals surface area contributed by atoms with Crippen LogP contribution in [-0.4, -0.2) is 5.78 Å². The molecule has 20 heavy (non-hydrogen) atoms. The topological polar surface area (TPSA) is 30.2 Å². The predicted octanol–water partition coefficient (Wildman–Crippen LogP) is 4.72. The number of fused-ring (bicyclic) bond motifs is 3. The van der Waals surface area contributed by atoms with Crippen molar-refractivity contribution in [2.24, 2.45) is 0 Å². The van der Waals surface area contributed by atoms with Gasteiger partial charge in [0.05, 0.1) is 0 Å². The average Bonchev–Trinajstić information content (AvgIpc) is 2.86. The van der Waals surface area contributed by atoms with Gasteiger partial charge in [0.2, 0.25) is 0 Å². The Labute approximate surface area is 116 Å². The maximum absolute atomic E-state index is 11.6. The van der Waals surface area contributed by atoms with Crippen molar-refractivity contribution in [3.63, 3.8) is 0 Å². The van der Waals surface area contributed by atoms with Gasteiger partial charge in [-0.25, -0.2) is 0 Å². The van der Waals surface area contributed by atoms with Crippen molar-refractivity contribution < 1.29 is 9.21 Å². The SMILES string of the molecule is O=C1C=C(c2cccc3c2oc2ccccc23)CCC1. The molecular weight excluding hydrogens is 248 g/mol. The summed E-state index contributed by atoms with van der Waals surface area (Å²) < 4.78 is 6.02. The van der Waals surface area contributed by atoms with E-state index >= 15 is 0 Å². The standard InChI is InChI=1S/C18H14O2/c19-13-6-3-5-12(11-13)14-8-4-9-16-15-7-1-2-10-17(15)20-18(14)16/h1-2,4,7-11H,3,5-6H2. The van der Waals surface area contributed by atoms with Gasteiger partial charge in [0, 0.05) is 22.8 Å². The molecule has 0 N–H and O–H groups in total. The number of hydrogen-bond donors (Lipinski definition) is 0. The lowest BCUT2D eigenvalue weighted by Gasteiger charge is -2.12. The number of carbonyl (C=O) groups excluding carboxylic acids is 1. The lowest BCUT2D eigenvalue weighted by atomic mass is 9.92. The maximum atomic E-state index is 11.6. The lowest BCUT2D eigenvalue weighted by Crippen LogP contribution is -2.02. The number of benzene rings is 2. The molecule has 2 aromatic carbocycles. The fraction of sp³-hybridized carbons (Fsp3) is 0.167. The van der Waals surface area contributed by atoms with Gasteiger partial charge in [-0.15, -0.1) is 0 Å². The Kier molecular flexibility index (Phi) is 2.49. The number of allylic oxidation sites excluding steroid dienone is 2. The van der Waals surface area contributed by atoms with Crippen LogP contribution in [-0.2, 0) is 4.79 Å². The van der Waals surface area contributed by atoms with E-state index in [4.69, 9.17) is 4.42 Å². The van der Waals surface area contributed by atoms with E-state index in [1.165, 1.54) is 0 Å². The summed E-state index contributed by atoms with van der Waals surface area (Å²) in [6.07, 6.45) is 4.33. The van der Waals surface area contributed by atoms with Crippen molar-refractivity contribution in [1.29, 1.82) is 0 Å². The van der Waals surface area contributed by atoms with Gasteiger partial charge in [0.25, 0.3) is 0 Å². The largest absolute Gasteiger partial charge is 0.455 e. The van der Waals surface area contributed by atoms with Gasteiger partial charge in [0.1, 0.15) is 11.2 Å². The number of hydrogen-bond acceptors (Lipinski definition) is 2. The summed E-state index contributed by atoms with van der Waals surface area (Å²) in [5.74, 6) is 0.222.